The Hall–Kier alpha value is -0.540. The molecule has 2 rings (SSSR count). The van der Waals surface area contributed by atoms with Gasteiger partial charge in [-0.1, -0.05) is 18.6 Å². The van der Waals surface area contributed by atoms with Crippen LogP contribution in [0.5, 0.6) is 5.75 Å². The van der Waals surface area contributed by atoms with Crippen molar-refractivity contribution in [1.82, 2.24) is 0 Å². The Balaban J connectivity index is 1.95. The topological polar surface area (TPSA) is 29.5 Å². The van der Waals surface area contributed by atoms with Crippen LogP contribution in [-0.4, -0.2) is 18.3 Å². The molecule has 0 heterocycles. The van der Waals surface area contributed by atoms with Crippen LogP contribution in [0.2, 0.25) is 0 Å². The van der Waals surface area contributed by atoms with E-state index in [0.717, 1.165) is 23.1 Å². The van der Waals surface area contributed by atoms with Gasteiger partial charge >= 0.3 is 0 Å². The Labute approximate surface area is 98.4 Å². The minimum atomic E-state index is 0.0231. The van der Waals surface area contributed by atoms with E-state index in [9.17, 15) is 5.11 Å². The number of aliphatic hydroxyl groups excluding tert-OH is 1. The van der Waals surface area contributed by atoms with E-state index in [1.54, 1.807) is 0 Å². The van der Waals surface area contributed by atoms with Crippen LogP contribution in [0, 0.1) is 5.41 Å². The molecule has 0 spiro atoms. The predicted octanol–water partition coefficient (Wildman–Crippen LogP) is 2.99. The lowest BCUT2D eigenvalue weighted by Crippen LogP contribution is -2.39. The first-order chi connectivity index (χ1) is 7.26. The zero-order valence-electron chi connectivity index (χ0n) is 8.58. The smallest absolute Gasteiger partial charge is 0.133 e. The van der Waals surface area contributed by atoms with Crippen LogP contribution in [0.15, 0.2) is 28.7 Å². The fraction of sp³-hybridized carbons (Fsp3) is 0.500. The summed E-state index contributed by atoms with van der Waals surface area (Å²) in [6.45, 7) is 0.851. The molecule has 1 aliphatic rings. The maximum Gasteiger partial charge on any atom is 0.133 e. The van der Waals surface area contributed by atoms with E-state index >= 15 is 0 Å². The van der Waals surface area contributed by atoms with Crippen LogP contribution >= 0.6 is 15.9 Å². The molecule has 0 amide bonds. The number of halogens is 1. The zero-order valence-corrected chi connectivity index (χ0v) is 10.2. The summed E-state index contributed by atoms with van der Waals surface area (Å²) in [6.07, 6.45) is 3.36. The van der Waals surface area contributed by atoms with Crippen LogP contribution in [0.4, 0.5) is 0 Å². The number of hydrogen-bond acceptors (Lipinski definition) is 2. The highest BCUT2D eigenvalue weighted by Crippen LogP contribution is 2.41. The van der Waals surface area contributed by atoms with Gasteiger partial charge < -0.3 is 9.84 Å². The largest absolute Gasteiger partial charge is 0.492 e. The molecule has 1 aromatic carbocycles. The molecule has 3 heteroatoms. The van der Waals surface area contributed by atoms with Gasteiger partial charge in [0.2, 0.25) is 0 Å². The highest BCUT2D eigenvalue weighted by Gasteiger charge is 2.37. The minimum Gasteiger partial charge on any atom is -0.492 e. The van der Waals surface area contributed by atoms with Crippen LogP contribution in [0.25, 0.3) is 0 Å². The van der Waals surface area contributed by atoms with E-state index in [1.807, 2.05) is 24.3 Å². The van der Waals surface area contributed by atoms with Crippen molar-refractivity contribution in [3.8, 4) is 5.75 Å². The number of para-hydroxylation sites is 1. The van der Waals surface area contributed by atoms with Gasteiger partial charge in [-0.25, -0.2) is 0 Å². The standard InChI is InChI=1S/C12H15BrO2/c13-10-4-1-2-5-11(10)15-9-12(8-14)6-3-7-12/h1-2,4-5,14H,3,6-9H2. The summed E-state index contributed by atoms with van der Waals surface area (Å²) in [5.74, 6) is 0.859. The minimum absolute atomic E-state index is 0.0231. The molecule has 1 aromatic rings. The molecule has 2 nitrogen and oxygen atoms in total. The average molecular weight is 271 g/mol. The first-order valence-corrected chi connectivity index (χ1v) is 6.03. The summed E-state index contributed by atoms with van der Waals surface area (Å²) in [4.78, 5) is 0. The Bertz CT molecular complexity index is 329. The number of aliphatic hydroxyl groups is 1. The normalized spacial score (nSPS) is 18.3. The average Bonchev–Trinajstić information content (AvgIpc) is 2.19. The quantitative estimate of drug-likeness (QED) is 0.912. The van der Waals surface area contributed by atoms with Crippen molar-refractivity contribution in [2.24, 2.45) is 5.41 Å². The highest BCUT2D eigenvalue weighted by molar-refractivity contribution is 9.10. The monoisotopic (exact) mass is 270 g/mol. The third-order valence-electron chi connectivity index (χ3n) is 3.12. The van der Waals surface area contributed by atoms with Crippen molar-refractivity contribution >= 4 is 15.9 Å². The van der Waals surface area contributed by atoms with E-state index in [2.05, 4.69) is 15.9 Å². The number of ether oxygens (including phenoxy) is 1. The van der Waals surface area contributed by atoms with Crippen molar-refractivity contribution in [2.75, 3.05) is 13.2 Å². The second-order valence-electron chi connectivity index (χ2n) is 4.23. The number of benzene rings is 1. The van der Waals surface area contributed by atoms with Gasteiger partial charge in [-0.15, -0.1) is 0 Å². The molecular formula is C12H15BrO2. The maximum atomic E-state index is 9.29. The van der Waals surface area contributed by atoms with Crippen LogP contribution in [0.1, 0.15) is 19.3 Å². The molecular weight excluding hydrogens is 256 g/mol. The van der Waals surface area contributed by atoms with Gasteiger partial charge in [0.05, 0.1) is 17.7 Å². The maximum absolute atomic E-state index is 9.29. The summed E-state index contributed by atoms with van der Waals surface area (Å²) < 4.78 is 6.70. The SMILES string of the molecule is OCC1(COc2ccccc2Br)CCC1. The molecule has 0 saturated heterocycles. The van der Waals surface area contributed by atoms with Gasteiger partial charge in [0.25, 0.3) is 0 Å². The summed E-state index contributed by atoms with van der Waals surface area (Å²) in [7, 11) is 0. The Morgan fingerprint density at radius 1 is 1.33 bits per heavy atom. The summed E-state index contributed by atoms with van der Waals surface area (Å²) in [5.41, 5.74) is 0.0231. The molecule has 1 N–H and O–H groups in total. The Kier molecular flexibility index (Phi) is 3.32. The van der Waals surface area contributed by atoms with Gasteiger partial charge in [0, 0.05) is 5.41 Å². The lowest BCUT2D eigenvalue weighted by Gasteiger charge is -2.39. The van der Waals surface area contributed by atoms with Crippen LogP contribution < -0.4 is 4.74 Å². The lowest BCUT2D eigenvalue weighted by atomic mass is 9.70. The number of hydrogen-bond donors (Lipinski definition) is 1. The Morgan fingerprint density at radius 2 is 2.07 bits per heavy atom. The fourth-order valence-corrected chi connectivity index (χ4v) is 2.22. The first kappa shape index (κ1) is 11.0. The fourth-order valence-electron chi connectivity index (χ4n) is 1.82. The summed E-state index contributed by atoms with van der Waals surface area (Å²) >= 11 is 3.44. The molecule has 0 unspecified atom stereocenters. The van der Waals surface area contributed by atoms with E-state index in [4.69, 9.17) is 4.74 Å². The molecule has 0 radical (unpaired) electrons. The van der Waals surface area contributed by atoms with Crippen molar-refractivity contribution in [2.45, 2.75) is 19.3 Å². The molecule has 1 fully saturated rings. The summed E-state index contributed by atoms with van der Waals surface area (Å²) in [6, 6.07) is 7.81. The van der Waals surface area contributed by atoms with Crippen LogP contribution in [-0.2, 0) is 0 Å². The third kappa shape index (κ3) is 2.34. The van der Waals surface area contributed by atoms with E-state index < -0.39 is 0 Å². The van der Waals surface area contributed by atoms with Crippen molar-refractivity contribution in [3.05, 3.63) is 28.7 Å². The van der Waals surface area contributed by atoms with Crippen molar-refractivity contribution in [1.29, 1.82) is 0 Å². The third-order valence-corrected chi connectivity index (χ3v) is 3.78. The highest BCUT2D eigenvalue weighted by atomic mass is 79.9. The predicted molar refractivity (Wildman–Crippen MR) is 63.0 cm³/mol. The van der Waals surface area contributed by atoms with Crippen molar-refractivity contribution in [3.63, 3.8) is 0 Å². The second kappa shape index (κ2) is 4.54. The molecule has 82 valence electrons. The second-order valence-corrected chi connectivity index (χ2v) is 5.09. The lowest BCUT2D eigenvalue weighted by molar-refractivity contribution is -0.000133. The van der Waals surface area contributed by atoms with E-state index in [0.29, 0.717) is 6.61 Å². The van der Waals surface area contributed by atoms with Gasteiger partial charge in [-0.3, -0.25) is 0 Å². The Morgan fingerprint density at radius 3 is 2.60 bits per heavy atom. The molecule has 1 aliphatic carbocycles. The van der Waals surface area contributed by atoms with E-state index in [1.165, 1.54) is 6.42 Å². The molecule has 0 bridgehead atoms. The molecule has 0 aromatic heterocycles. The zero-order chi connectivity index (χ0) is 10.7. The molecule has 0 aliphatic heterocycles. The number of rotatable bonds is 4. The van der Waals surface area contributed by atoms with Gasteiger partial charge in [0.15, 0.2) is 0 Å². The summed E-state index contributed by atoms with van der Waals surface area (Å²) in [5, 5.41) is 9.29. The van der Waals surface area contributed by atoms with Crippen molar-refractivity contribution < 1.29 is 9.84 Å². The first-order valence-electron chi connectivity index (χ1n) is 5.24. The van der Waals surface area contributed by atoms with Gasteiger partial charge in [-0.05, 0) is 40.9 Å². The van der Waals surface area contributed by atoms with Crippen LogP contribution in [0.3, 0.4) is 0 Å². The molecule has 15 heavy (non-hydrogen) atoms. The van der Waals surface area contributed by atoms with Gasteiger partial charge in [0.1, 0.15) is 5.75 Å². The molecule has 0 atom stereocenters. The molecule has 1 saturated carbocycles. The van der Waals surface area contributed by atoms with Gasteiger partial charge in [-0.2, -0.15) is 0 Å². The van der Waals surface area contributed by atoms with E-state index in [-0.39, 0.29) is 12.0 Å².